The van der Waals surface area contributed by atoms with Crippen LogP contribution in [-0.2, 0) is 14.3 Å². The lowest BCUT2D eigenvalue weighted by Gasteiger charge is -2.69. The number of furan rings is 1. The van der Waals surface area contributed by atoms with Gasteiger partial charge in [0.05, 0.1) is 37.4 Å². The van der Waals surface area contributed by atoms with Crippen molar-refractivity contribution in [1.29, 1.82) is 0 Å². The number of hydrogen-bond donors (Lipinski definition) is 2. The van der Waals surface area contributed by atoms with E-state index < -0.39 is 40.7 Å². The van der Waals surface area contributed by atoms with Gasteiger partial charge >= 0.3 is 5.97 Å². The number of rotatable bonds is 3. The number of fused-ring (bicyclic) bond motifs is 4. The van der Waals surface area contributed by atoms with E-state index >= 15 is 0 Å². The molecule has 2 N–H and O–H groups in total. The summed E-state index contributed by atoms with van der Waals surface area (Å²) in [4.78, 5) is 12.9. The molecule has 6 rings (SSSR count). The van der Waals surface area contributed by atoms with Crippen molar-refractivity contribution in [2.24, 2.45) is 33.5 Å². The van der Waals surface area contributed by atoms with E-state index in [1.165, 1.54) is 17.2 Å². The fraction of sp³-hybridized carbons (Fsp3) is 0.710. The van der Waals surface area contributed by atoms with E-state index in [0.29, 0.717) is 18.9 Å². The average molecular weight is 511 g/mol. The summed E-state index contributed by atoms with van der Waals surface area (Å²) in [6.45, 7) is 13.1. The van der Waals surface area contributed by atoms with Crippen molar-refractivity contribution < 1.29 is 28.9 Å². The predicted molar refractivity (Wildman–Crippen MR) is 138 cm³/mol. The topological polar surface area (TPSA) is 89.1 Å². The maximum absolute atomic E-state index is 12.9. The maximum Gasteiger partial charge on any atom is 0.330 e. The van der Waals surface area contributed by atoms with Crippen LogP contribution in [0, 0.1) is 33.5 Å². The Balaban J connectivity index is 1.47. The molecule has 202 valence electrons. The van der Waals surface area contributed by atoms with Crippen LogP contribution in [0.2, 0.25) is 0 Å². The van der Waals surface area contributed by atoms with Gasteiger partial charge in [0.25, 0.3) is 0 Å². The third kappa shape index (κ3) is 3.12. The summed E-state index contributed by atoms with van der Waals surface area (Å²) >= 11 is 0. The van der Waals surface area contributed by atoms with Crippen molar-refractivity contribution in [1.82, 2.24) is 0 Å². The first kappa shape index (κ1) is 25.4. The van der Waals surface area contributed by atoms with Crippen LogP contribution in [0.1, 0.15) is 78.7 Å². The van der Waals surface area contributed by atoms with Crippen LogP contribution in [-0.4, -0.2) is 47.2 Å². The second-order valence-electron chi connectivity index (χ2n) is 13.7. The van der Waals surface area contributed by atoms with Gasteiger partial charge in [-0.2, -0.15) is 0 Å². The lowest BCUT2D eigenvalue weighted by molar-refractivity contribution is -0.259. The van der Waals surface area contributed by atoms with Gasteiger partial charge in [0.2, 0.25) is 0 Å². The zero-order valence-corrected chi connectivity index (χ0v) is 23.0. The minimum Gasteiger partial charge on any atom is -0.472 e. The zero-order chi connectivity index (χ0) is 26.5. The Labute approximate surface area is 220 Å². The van der Waals surface area contributed by atoms with Gasteiger partial charge in [-0.05, 0) is 62.0 Å². The third-order valence-corrected chi connectivity index (χ3v) is 11.7. The molecule has 1 aromatic rings. The van der Waals surface area contributed by atoms with Gasteiger partial charge in [0.15, 0.2) is 0 Å². The predicted octanol–water partition coefficient (Wildman–Crippen LogP) is 5.16. The minimum absolute atomic E-state index is 0.0803. The lowest BCUT2D eigenvalue weighted by atomic mass is 9.36. The fourth-order valence-electron chi connectivity index (χ4n) is 10.1. The fourth-order valence-corrected chi connectivity index (χ4v) is 10.1. The Bertz CT molecular complexity index is 1150. The van der Waals surface area contributed by atoms with Crippen molar-refractivity contribution in [3.05, 3.63) is 47.5 Å². The number of allylic oxidation sites excluding steroid dienone is 2. The van der Waals surface area contributed by atoms with Crippen LogP contribution in [0.25, 0.3) is 0 Å². The highest BCUT2D eigenvalue weighted by Gasteiger charge is 2.76. The van der Waals surface area contributed by atoms with E-state index in [2.05, 4.69) is 39.8 Å². The van der Waals surface area contributed by atoms with Gasteiger partial charge in [-0.15, -0.1) is 0 Å². The molecule has 2 heterocycles. The van der Waals surface area contributed by atoms with Crippen LogP contribution in [0.15, 0.2) is 46.3 Å². The van der Waals surface area contributed by atoms with E-state index in [9.17, 15) is 15.0 Å². The number of hydrogen-bond acceptors (Lipinski definition) is 6. The lowest BCUT2D eigenvalue weighted by Crippen LogP contribution is -2.72. The van der Waals surface area contributed by atoms with Crippen molar-refractivity contribution in [3.8, 4) is 0 Å². The van der Waals surface area contributed by atoms with Crippen LogP contribution < -0.4 is 0 Å². The molecule has 0 bridgehead atoms. The van der Waals surface area contributed by atoms with Gasteiger partial charge in [-0.1, -0.05) is 44.9 Å². The van der Waals surface area contributed by atoms with Gasteiger partial charge < -0.3 is 24.1 Å². The van der Waals surface area contributed by atoms with Crippen molar-refractivity contribution in [3.63, 3.8) is 0 Å². The van der Waals surface area contributed by atoms with Crippen molar-refractivity contribution in [2.45, 2.75) is 97.6 Å². The van der Waals surface area contributed by atoms with Crippen LogP contribution >= 0.6 is 0 Å². The number of esters is 1. The van der Waals surface area contributed by atoms with Crippen LogP contribution in [0.5, 0.6) is 0 Å². The van der Waals surface area contributed by atoms with E-state index in [1.807, 2.05) is 20.1 Å². The molecule has 3 saturated carbocycles. The van der Waals surface area contributed by atoms with Gasteiger partial charge in [-0.25, -0.2) is 4.79 Å². The molecule has 11 atom stereocenters. The van der Waals surface area contributed by atoms with E-state index in [1.54, 1.807) is 6.26 Å². The zero-order valence-electron chi connectivity index (χ0n) is 23.0. The van der Waals surface area contributed by atoms with E-state index in [-0.39, 0.29) is 23.2 Å². The van der Waals surface area contributed by atoms with Crippen molar-refractivity contribution >= 4 is 5.97 Å². The summed E-state index contributed by atoms with van der Waals surface area (Å²) in [5.74, 6) is -0.0777. The molecule has 1 aliphatic heterocycles. The highest BCUT2D eigenvalue weighted by atomic mass is 16.5. The summed E-state index contributed by atoms with van der Waals surface area (Å²) in [7, 11) is 0. The van der Waals surface area contributed by atoms with Crippen molar-refractivity contribution in [2.75, 3.05) is 6.61 Å². The summed E-state index contributed by atoms with van der Waals surface area (Å²) in [5, 5.41) is 23.5. The first-order chi connectivity index (χ1) is 17.4. The molecule has 0 amide bonds. The molecule has 0 radical (unpaired) electrons. The molecule has 5 aliphatic rings. The Morgan fingerprint density at radius 2 is 1.95 bits per heavy atom. The second-order valence-corrected chi connectivity index (χ2v) is 13.7. The number of carbonyl (C=O) groups is 1. The average Bonchev–Trinajstić information content (AvgIpc) is 3.54. The molecule has 6 heteroatoms. The highest BCUT2D eigenvalue weighted by molar-refractivity contribution is 5.82. The molecule has 0 spiro atoms. The third-order valence-electron chi connectivity index (χ3n) is 11.7. The second kappa shape index (κ2) is 8.06. The molecular formula is C31H42O6. The van der Waals surface area contributed by atoms with E-state index in [0.717, 1.165) is 24.8 Å². The van der Waals surface area contributed by atoms with Gasteiger partial charge in [0, 0.05) is 34.7 Å². The Morgan fingerprint density at radius 3 is 2.62 bits per heavy atom. The van der Waals surface area contributed by atoms with Crippen LogP contribution in [0.3, 0.4) is 0 Å². The quantitative estimate of drug-likeness (QED) is 0.332. The van der Waals surface area contributed by atoms with Gasteiger partial charge in [0.1, 0.15) is 6.10 Å². The smallest absolute Gasteiger partial charge is 0.330 e. The number of aliphatic hydroxyl groups is 2. The number of aliphatic hydroxyl groups excluding tert-OH is 2. The molecule has 6 nitrogen and oxygen atoms in total. The summed E-state index contributed by atoms with van der Waals surface area (Å²) in [6, 6.07) is 2.07. The maximum atomic E-state index is 12.9. The first-order valence-corrected chi connectivity index (χ1v) is 13.9. The monoisotopic (exact) mass is 510 g/mol. The Hall–Kier alpha value is -1.89. The molecule has 4 aliphatic carbocycles. The minimum atomic E-state index is -0.703. The molecular weight excluding hydrogens is 468 g/mol. The van der Waals surface area contributed by atoms with Gasteiger partial charge in [-0.3, -0.25) is 0 Å². The number of ether oxygens (including phenoxy) is 2. The Morgan fingerprint density at radius 1 is 1.19 bits per heavy atom. The summed E-state index contributed by atoms with van der Waals surface area (Å²) in [5.41, 5.74) is 1.84. The normalized spacial score (nSPS) is 49.9. The van der Waals surface area contributed by atoms with E-state index in [4.69, 9.17) is 13.9 Å². The summed E-state index contributed by atoms with van der Waals surface area (Å²) < 4.78 is 18.1. The molecule has 4 fully saturated rings. The summed E-state index contributed by atoms with van der Waals surface area (Å²) in [6.07, 6.45) is 8.48. The number of carbonyl (C=O) groups excluding carboxylic acids is 1. The molecule has 0 aromatic carbocycles. The standard InChI is InChI=1S/C31H42O6/c1-17(2)13-24(33)37-23-14-22(32)29(4)16-36-25-26(29)31(23,6)21-9-11-28(3)19(18-10-12-35-15-18)7-8-20(28)30(21,5)27(25)34/h8,10,12-13,15,19,21-23,25-27,32,34H,7,9,11,14,16H2,1-6H3/t19-,21-,22+,23-,25+,26-,27+,28-,29+,30-,31-/m0/s1. The SMILES string of the molecule is CC(C)=CC(=O)O[C@H]1C[C@@H](O)[C@@]2(C)CO[C@H]3[C@@H](O)[C@@]4(C)C5=CC[C@@H](c6ccoc6)[C@]5(C)CC[C@@H]4[C@]1(C)[C@@H]32. The molecule has 0 unspecified atom stereocenters. The first-order valence-electron chi connectivity index (χ1n) is 13.9. The molecule has 37 heavy (non-hydrogen) atoms. The highest BCUT2D eigenvalue weighted by Crippen LogP contribution is 2.75. The molecule has 1 aromatic heterocycles. The largest absolute Gasteiger partial charge is 0.472 e. The van der Waals surface area contributed by atoms with Crippen LogP contribution in [0.4, 0.5) is 0 Å². The molecule has 1 saturated heterocycles. The Kier molecular flexibility index (Phi) is 5.53.